The first-order valence-electron chi connectivity index (χ1n) is 8.61. The van der Waals surface area contributed by atoms with Crippen molar-refractivity contribution in [2.24, 2.45) is 4.99 Å². The van der Waals surface area contributed by atoms with Gasteiger partial charge in [0.25, 0.3) is 0 Å². The summed E-state index contributed by atoms with van der Waals surface area (Å²) in [6.07, 6.45) is 0. The highest BCUT2D eigenvalue weighted by atomic mass is 79.9. The van der Waals surface area contributed by atoms with Gasteiger partial charge in [0.05, 0.1) is 0 Å². The molecule has 1 unspecified atom stereocenters. The minimum Gasteiger partial charge on any atom is -0.466 e. The van der Waals surface area contributed by atoms with Crippen LogP contribution in [0.25, 0.3) is 11.1 Å². The zero-order chi connectivity index (χ0) is 18.7. The summed E-state index contributed by atoms with van der Waals surface area (Å²) < 4.78 is 11.3. The molecule has 0 amide bonds. The Balaban J connectivity index is 2.24. The van der Waals surface area contributed by atoms with E-state index in [4.69, 9.17) is 14.5 Å². The molecule has 1 heterocycles. The summed E-state index contributed by atoms with van der Waals surface area (Å²) in [5.41, 5.74) is 4.53. The van der Waals surface area contributed by atoms with E-state index >= 15 is 0 Å². The van der Waals surface area contributed by atoms with Crippen LogP contribution in [0.5, 0.6) is 5.75 Å². The Labute approximate surface area is 168 Å². The highest BCUT2D eigenvalue weighted by molar-refractivity contribution is 9.09. The lowest BCUT2D eigenvalue weighted by Gasteiger charge is -2.24. The predicted octanol–water partition coefficient (Wildman–Crippen LogP) is 5.85. The minimum absolute atomic E-state index is 0.0235. The van der Waals surface area contributed by atoms with Crippen molar-refractivity contribution >= 4 is 32.7 Å². The largest absolute Gasteiger partial charge is 0.466 e. The standard InChI is InChI=1S/C21H24BrNO2S/c1-21(2,3)15-10-16(14-8-6-5-7-9-14)19(25-13-24-4)17(11-15)20-23-18(22)12-26-20/h5-11,18H,12-13H2,1-4H3. The van der Waals surface area contributed by atoms with E-state index in [1.807, 2.05) is 6.07 Å². The molecule has 0 N–H and O–H groups in total. The number of halogens is 1. The highest BCUT2D eigenvalue weighted by Gasteiger charge is 2.26. The quantitative estimate of drug-likeness (QED) is 0.336. The van der Waals surface area contributed by atoms with Crippen LogP contribution in [0, 0.1) is 0 Å². The van der Waals surface area contributed by atoms with E-state index in [0.717, 1.165) is 33.2 Å². The molecular formula is C21H24BrNO2S. The van der Waals surface area contributed by atoms with Crippen LogP contribution in [-0.2, 0) is 10.2 Å². The van der Waals surface area contributed by atoms with E-state index in [2.05, 4.69) is 73.1 Å². The molecule has 0 bridgehead atoms. The number of methoxy groups -OCH3 is 1. The second kappa shape index (κ2) is 8.15. The first-order valence-corrected chi connectivity index (χ1v) is 10.5. The van der Waals surface area contributed by atoms with Crippen LogP contribution in [0.3, 0.4) is 0 Å². The van der Waals surface area contributed by atoms with Crippen LogP contribution in [0.1, 0.15) is 31.9 Å². The van der Waals surface area contributed by atoms with Gasteiger partial charge in [0.2, 0.25) is 0 Å². The number of hydrogen-bond acceptors (Lipinski definition) is 4. The van der Waals surface area contributed by atoms with Crippen LogP contribution < -0.4 is 4.74 Å². The van der Waals surface area contributed by atoms with E-state index in [1.54, 1.807) is 18.9 Å². The molecule has 3 nitrogen and oxygen atoms in total. The van der Waals surface area contributed by atoms with Crippen molar-refractivity contribution in [2.75, 3.05) is 19.7 Å². The first kappa shape index (κ1) is 19.5. The molecule has 5 heteroatoms. The summed E-state index contributed by atoms with van der Waals surface area (Å²) in [7, 11) is 1.64. The Morgan fingerprint density at radius 3 is 2.42 bits per heavy atom. The molecule has 3 rings (SSSR count). The first-order chi connectivity index (χ1) is 12.4. The maximum absolute atomic E-state index is 6.06. The van der Waals surface area contributed by atoms with Gasteiger partial charge >= 0.3 is 0 Å². The molecule has 0 aromatic heterocycles. The molecule has 0 fully saturated rings. The van der Waals surface area contributed by atoms with Gasteiger partial charge in [-0.25, -0.2) is 0 Å². The number of ether oxygens (including phenoxy) is 2. The lowest BCUT2D eigenvalue weighted by atomic mass is 9.83. The van der Waals surface area contributed by atoms with Gasteiger partial charge in [-0.3, -0.25) is 4.99 Å². The number of alkyl halides is 1. The predicted molar refractivity (Wildman–Crippen MR) is 115 cm³/mol. The molecule has 1 aliphatic rings. The monoisotopic (exact) mass is 433 g/mol. The van der Waals surface area contributed by atoms with Crippen LogP contribution in [0.15, 0.2) is 47.5 Å². The lowest BCUT2D eigenvalue weighted by Crippen LogP contribution is -2.14. The van der Waals surface area contributed by atoms with E-state index < -0.39 is 0 Å². The van der Waals surface area contributed by atoms with Gasteiger partial charge in [-0.05, 0) is 28.7 Å². The van der Waals surface area contributed by atoms with Gasteiger partial charge in [0.1, 0.15) is 15.7 Å². The van der Waals surface area contributed by atoms with Gasteiger partial charge in [0.15, 0.2) is 6.79 Å². The number of benzene rings is 2. The van der Waals surface area contributed by atoms with Gasteiger partial charge in [-0.1, -0.05) is 67.0 Å². The van der Waals surface area contributed by atoms with Crippen molar-refractivity contribution in [1.29, 1.82) is 0 Å². The fourth-order valence-electron chi connectivity index (χ4n) is 2.82. The molecule has 0 saturated carbocycles. The average molecular weight is 434 g/mol. The van der Waals surface area contributed by atoms with Crippen LogP contribution in [0.2, 0.25) is 0 Å². The molecular weight excluding hydrogens is 410 g/mol. The van der Waals surface area contributed by atoms with Crippen molar-refractivity contribution < 1.29 is 9.47 Å². The number of nitrogens with zero attached hydrogens (tertiary/aromatic N) is 1. The second-order valence-electron chi connectivity index (χ2n) is 7.25. The third-order valence-corrected chi connectivity index (χ3v) is 6.24. The van der Waals surface area contributed by atoms with Gasteiger partial charge in [-0.2, -0.15) is 0 Å². The zero-order valence-corrected chi connectivity index (χ0v) is 18.0. The van der Waals surface area contributed by atoms with E-state index in [9.17, 15) is 0 Å². The van der Waals surface area contributed by atoms with Crippen molar-refractivity contribution in [3.63, 3.8) is 0 Å². The Bertz CT molecular complexity index is 800. The lowest BCUT2D eigenvalue weighted by molar-refractivity contribution is 0.0514. The van der Waals surface area contributed by atoms with Gasteiger partial charge in [-0.15, -0.1) is 11.8 Å². The minimum atomic E-state index is 0.0235. The maximum Gasteiger partial charge on any atom is 0.188 e. The second-order valence-corrected chi connectivity index (χ2v) is 9.31. The summed E-state index contributed by atoms with van der Waals surface area (Å²) >= 11 is 5.36. The normalized spacial score (nSPS) is 17.3. The van der Waals surface area contributed by atoms with Crippen LogP contribution >= 0.6 is 27.7 Å². The fraction of sp³-hybridized carbons (Fsp3) is 0.381. The number of aliphatic imine (C=N–C) groups is 1. The van der Waals surface area contributed by atoms with Crippen molar-refractivity contribution in [3.05, 3.63) is 53.6 Å². The third-order valence-electron chi connectivity index (χ3n) is 4.21. The van der Waals surface area contributed by atoms with Crippen molar-refractivity contribution in [3.8, 4) is 16.9 Å². The molecule has 2 aromatic rings. The molecule has 1 aliphatic heterocycles. The van der Waals surface area contributed by atoms with E-state index in [-0.39, 0.29) is 17.2 Å². The average Bonchev–Trinajstić information content (AvgIpc) is 3.05. The zero-order valence-electron chi connectivity index (χ0n) is 15.6. The molecule has 0 aliphatic carbocycles. The highest BCUT2D eigenvalue weighted by Crippen LogP contribution is 2.41. The summed E-state index contributed by atoms with van der Waals surface area (Å²) in [5, 5.41) is 1.02. The molecule has 2 aromatic carbocycles. The van der Waals surface area contributed by atoms with Crippen molar-refractivity contribution in [2.45, 2.75) is 31.1 Å². The molecule has 0 spiro atoms. The molecule has 0 radical (unpaired) electrons. The Kier molecular flexibility index (Phi) is 6.10. The van der Waals surface area contributed by atoms with Gasteiger partial charge < -0.3 is 9.47 Å². The Morgan fingerprint density at radius 1 is 1.15 bits per heavy atom. The number of thioether (sulfide) groups is 1. The topological polar surface area (TPSA) is 30.8 Å². The third kappa shape index (κ3) is 4.33. The molecule has 26 heavy (non-hydrogen) atoms. The smallest absolute Gasteiger partial charge is 0.188 e. The van der Waals surface area contributed by atoms with Crippen LogP contribution in [-0.4, -0.2) is 29.7 Å². The van der Waals surface area contributed by atoms with Crippen molar-refractivity contribution in [1.82, 2.24) is 0 Å². The fourth-order valence-corrected chi connectivity index (χ4v) is 4.44. The van der Waals surface area contributed by atoms with Gasteiger partial charge in [0, 0.05) is 24.0 Å². The van der Waals surface area contributed by atoms with Crippen LogP contribution in [0.4, 0.5) is 0 Å². The number of rotatable bonds is 5. The van der Waals surface area contributed by atoms with E-state index in [1.165, 1.54) is 5.56 Å². The summed E-state index contributed by atoms with van der Waals surface area (Å²) in [6.45, 7) is 6.89. The maximum atomic E-state index is 6.06. The molecule has 1 atom stereocenters. The summed E-state index contributed by atoms with van der Waals surface area (Å²) in [5.74, 6) is 1.76. The number of hydrogen-bond donors (Lipinski definition) is 0. The molecule has 0 saturated heterocycles. The molecule has 138 valence electrons. The van der Waals surface area contributed by atoms with E-state index in [0.29, 0.717) is 0 Å². The summed E-state index contributed by atoms with van der Waals surface area (Å²) in [4.78, 5) is 4.91. The Morgan fingerprint density at radius 2 is 1.85 bits per heavy atom. The summed E-state index contributed by atoms with van der Waals surface area (Å²) in [6, 6.07) is 14.8. The SMILES string of the molecule is COCOc1c(C2=NC(Br)CS2)cc(C(C)(C)C)cc1-c1ccccc1. The Hall–Kier alpha value is -1.30.